The maximum atomic E-state index is 8.79. The van der Waals surface area contributed by atoms with Crippen LogP contribution >= 0.6 is 0 Å². The molecule has 0 aliphatic heterocycles. The maximum absolute atomic E-state index is 8.79. The second kappa shape index (κ2) is 6.86. The number of nitrogens with zero attached hydrogens (tertiary/aromatic N) is 1. The molecule has 1 unspecified atom stereocenters. The summed E-state index contributed by atoms with van der Waals surface area (Å²) in [6.45, 7) is 3.36. The number of hydrogen-bond acceptors (Lipinski definition) is 3. The minimum Gasteiger partial charge on any atom is -0.493 e. The van der Waals surface area contributed by atoms with E-state index < -0.39 is 0 Å². The van der Waals surface area contributed by atoms with Crippen molar-refractivity contribution in [2.45, 2.75) is 19.4 Å². The van der Waals surface area contributed by atoms with Gasteiger partial charge in [0.1, 0.15) is 5.75 Å². The van der Waals surface area contributed by atoms with E-state index >= 15 is 0 Å². The van der Waals surface area contributed by atoms with Gasteiger partial charge >= 0.3 is 0 Å². The van der Waals surface area contributed by atoms with Crippen molar-refractivity contribution in [2.24, 2.45) is 0 Å². The third-order valence-electron chi connectivity index (χ3n) is 2.02. The summed E-state index contributed by atoms with van der Waals surface area (Å²) in [5, 5.41) is 11.9. The van der Waals surface area contributed by atoms with Crippen LogP contribution in [0.2, 0.25) is 0 Å². The Morgan fingerprint density at radius 2 is 2.13 bits per heavy atom. The van der Waals surface area contributed by atoms with E-state index in [4.69, 9.17) is 10.00 Å². The lowest BCUT2D eigenvalue weighted by molar-refractivity contribution is 0.298. The van der Waals surface area contributed by atoms with Gasteiger partial charge in [0.2, 0.25) is 0 Å². The van der Waals surface area contributed by atoms with E-state index in [1.807, 2.05) is 37.3 Å². The van der Waals surface area contributed by atoms with E-state index in [9.17, 15) is 0 Å². The lowest BCUT2D eigenvalue weighted by atomic mass is 10.2. The summed E-state index contributed by atoms with van der Waals surface area (Å²) in [5.74, 6) is 0.852. The van der Waals surface area contributed by atoms with Gasteiger partial charge in [-0.25, -0.2) is 0 Å². The fraction of sp³-hybridized carbons (Fsp3) is 0.417. The molecule has 3 heteroatoms. The van der Waals surface area contributed by atoms with Crippen molar-refractivity contribution in [1.29, 1.82) is 5.26 Å². The lowest BCUT2D eigenvalue weighted by Crippen LogP contribution is -2.28. The molecule has 1 N–H and O–H groups in total. The Balaban J connectivity index is 2.24. The number of hydrogen-bond donors (Lipinski definition) is 1. The Morgan fingerprint density at radius 1 is 1.40 bits per heavy atom. The fourth-order valence-corrected chi connectivity index (χ4v) is 1.27. The SMILES string of the molecule is CCNC(C#N)CCOc1ccccc1. The highest BCUT2D eigenvalue weighted by Crippen LogP contribution is 2.08. The van der Waals surface area contributed by atoms with Gasteiger partial charge in [-0.05, 0) is 18.7 Å². The Hall–Kier alpha value is -1.53. The van der Waals surface area contributed by atoms with Gasteiger partial charge in [0.25, 0.3) is 0 Å². The average molecular weight is 204 g/mol. The second-order valence-corrected chi connectivity index (χ2v) is 3.19. The molecule has 0 radical (unpaired) electrons. The van der Waals surface area contributed by atoms with E-state index in [2.05, 4.69) is 11.4 Å². The Morgan fingerprint density at radius 3 is 2.73 bits per heavy atom. The quantitative estimate of drug-likeness (QED) is 0.770. The number of benzene rings is 1. The summed E-state index contributed by atoms with van der Waals surface area (Å²) in [4.78, 5) is 0. The smallest absolute Gasteiger partial charge is 0.119 e. The minimum atomic E-state index is -0.112. The Labute approximate surface area is 90.7 Å². The number of para-hydroxylation sites is 1. The highest BCUT2D eigenvalue weighted by atomic mass is 16.5. The summed E-state index contributed by atoms with van der Waals surface area (Å²) in [6.07, 6.45) is 0.708. The van der Waals surface area contributed by atoms with Crippen LogP contribution in [0.5, 0.6) is 5.75 Å². The molecule has 1 atom stereocenters. The molecule has 0 amide bonds. The highest BCUT2D eigenvalue weighted by Gasteiger charge is 2.04. The molecule has 1 aromatic carbocycles. The van der Waals surface area contributed by atoms with Crippen molar-refractivity contribution >= 4 is 0 Å². The molecule has 0 spiro atoms. The standard InChI is InChI=1S/C12H16N2O/c1-2-14-11(10-13)8-9-15-12-6-4-3-5-7-12/h3-7,11,14H,2,8-9H2,1H3. The van der Waals surface area contributed by atoms with E-state index in [-0.39, 0.29) is 6.04 Å². The Kier molecular flexibility index (Phi) is 5.28. The molecule has 1 rings (SSSR count). The molecule has 3 nitrogen and oxygen atoms in total. The van der Waals surface area contributed by atoms with E-state index in [1.165, 1.54) is 0 Å². The van der Waals surface area contributed by atoms with Crippen molar-refractivity contribution in [3.8, 4) is 11.8 Å². The normalized spacial score (nSPS) is 11.7. The van der Waals surface area contributed by atoms with Crippen LogP contribution < -0.4 is 10.1 Å². The zero-order chi connectivity index (χ0) is 10.9. The molecule has 0 heterocycles. The molecule has 0 saturated carbocycles. The zero-order valence-corrected chi connectivity index (χ0v) is 8.94. The topological polar surface area (TPSA) is 45.0 Å². The number of nitriles is 1. The number of ether oxygens (including phenoxy) is 1. The van der Waals surface area contributed by atoms with Gasteiger partial charge in [0.05, 0.1) is 18.7 Å². The first-order chi connectivity index (χ1) is 7.36. The predicted octanol–water partition coefficient (Wildman–Crippen LogP) is 1.96. The molecule has 0 aliphatic carbocycles. The first-order valence-corrected chi connectivity index (χ1v) is 5.17. The van der Waals surface area contributed by atoms with Gasteiger partial charge in [-0.1, -0.05) is 25.1 Å². The average Bonchev–Trinajstić information content (AvgIpc) is 2.29. The fourth-order valence-electron chi connectivity index (χ4n) is 1.27. The predicted molar refractivity (Wildman–Crippen MR) is 59.6 cm³/mol. The van der Waals surface area contributed by atoms with Crippen LogP contribution in [0.3, 0.4) is 0 Å². The van der Waals surface area contributed by atoms with Crippen LogP contribution in [0.1, 0.15) is 13.3 Å². The van der Waals surface area contributed by atoms with Gasteiger partial charge in [-0.2, -0.15) is 5.26 Å². The molecule has 80 valence electrons. The van der Waals surface area contributed by atoms with E-state index in [1.54, 1.807) is 0 Å². The van der Waals surface area contributed by atoms with E-state index in [0.29, 0.717) is 13.0 Å². The van der Waals surface area contributed by atoms with Crippen LogP contribution in [0, 0.1) is 11.3 Å². The molecule has 0 bridgehead atoms. The summed E-state index contributed by atoms with van der Waals surface area (Å²) in [7, 11) is 0. The van der Waals surface area contributed by atoms with Crippen molar-refractivity contribution in [3.05, 3.63) is 30.3 Å². The maximum Gasteiger partial charge on any atom is 0.119 e. The van der Waals surface area contributed by atoms with Crippen LogP contribution in [0.15, 0.2) is 30.3 Å². The van der Waals surface area contributed by atoms with Gasteiger partial charge < -0.3 is 10.1 Å². The van der Waals surface area contributed by atoms with Crippen LogP contribution in [0.4, 0.5) is 0 Å². The number of nitrogens with one attached hydrogen (secondary N) is 1. The minimum absolute atomic E-state index is 0.112. The largest absolute Gasteiger partial charge is 0.493 e. The summed E-state index contributed by atoms with van der Waals surface area (Å²) >= 11 is 0. The molecule has 0 aromatic heterocycles. The summed E-state index contributed by atoms with van der Waals surface area (Å²) in [6, 6.07) is 11.7. The van der Waals surface area contributed by atoms with Crippen molar-refractivity contribution < 1.29 is 4.74 Å². The molecule has 0 saturated heterocycles. The summed E-state index contributed by atoms with van der Waals surface area (Å²) in [5.41, 5.74) is 0. The first-order valence-electron chi connectivity index (χ1n) is 5.17. The molecular weight excluding hydrogens is 188 g/mol. The molecule has 0 fully saturated rings. The highest BCUT2D eigenvalue weighted by molar-refractivity contribution is 5.20. The molecule has 0 aliphatic rings. The molecule has 1 aromatic rings. The van der Waals surface area contributed by atoms with Crippen molar-refractivity contribution in [3.63, 3.8) is 0 Å². The molecular formula is C12H16N2O. The van der Waals surface area contributed by atoms with Gasteiger partial charge in [0, 0.05) is 6.42 Å². The second-order valence-electron chi connectivity index (χ2n) is 3.19. The third kappa shape index (κ3) is 4.48. The van der Waals surface area contributed by atoms with Crippen LogP contribution in [0.25, 0.3) is 0 Å². The van der Waals surface area contributed by atoms with E-state index in [0.717, 1.165) is 12.3 Å². The Bertz CT molecular complexity index is 305. The zero-order valence-electron chi connectivity index (χ0n) is 8.94. The monoisotopic (exact) mass is 204 g/mol. The van der Waals surface area contributed by atoms with Gasteiger partial charge in [-0.3, -0.25) is 0 Å². The van der Waals surface area contributed by atoms with Crippen molar-refractivity contribution in [1.82, 2.24) is 5.32 Å². The van der Waals surface area contributed by atoms with Crippen LogP contribution in [-0.4, -0.2) is 19.2 Å². The molecule has 15 heavy (non-hydrogen) atoms. The van der Waals surface area contributed by atoms with Crippen molar-refractivity contribution in [2.75, 3.05) is 13.2 Å². The summed E-state index contributed by atoms with van der Waals surface area (Å²) < 4.78 is 5.49. The van der Waals surface area contributed by atoms with Crippen LogP contribution in [-0.2, 0) is 0 Å². The van der Waals surface area contributed by atoms with Gasteiger partial charge in [0.15, 0.2) is 0 Å². The first kappa shape index (κ1) is 11.5. The third-order valence-corrected chi connectivity index (χ3v) is 2.02. The lowest BCUT2D eigenvalue weighted by Gasteiger charge is -2.10. The van der Waals surface area contributed by atoms with Gasteiger partial charge in [-0.15, -0.1) is 0 Å². The number of rotatable bonds is 6.